The molecule has 2 heterocycles. The third-order valence-electron chi connectivity index (χ3n) is 5.08. The summed E-state index contributed by atoms with van der Waals surface area (Å²) in [5.41, 5.74) is 0. The quantitative estimate of drug-likeness (QED) is 0.780. The molecule has 2 bridgehead atoms. The summed E-state index contributed by atoms with van der Waals surface area (Å²) in [7, 11) is 2.33. The summed E-state index contributed by atoms with van der Waals surface area (Å²) < 4.78 is 0. The van der Waals surface area contributed by atoms with E-state index in [2.05, 4.69) is 36.0 Å². The third kappa shape index (κ3) is 3.46. The number of nitrogens with one attached hydrogen (secondary N) is 1. The zero-order valence-electron chi connectivity index (χ0n) is 12.5. The molecule has 0 radical (unpaired) electrons. The first-order valence-corrected chi connectivity index (χ1v) is 7.92. The maximum absolute atomic E-state index is 3.69. The van der Waals surface area contributed by atoms with Crippen molar-refractivity contribution >= 4 is 0 Å². The normalized spacial score (nSPS) is 30.0. The molecule has 2 rings (SSSR count). The molecule has 0 spiro atoms. The molecule has 2 saturated heterocycles. The molecular weight excluding hydrogens is 222 g/mol. The van der Waals surface area contributed by atoms with Gasteiger partial charge >= 0.3 is 0 Å². The standard InChI is InChI=1S/C15H31N3/c1-4-13(5-2)16-9-11-18-10-8-14-6-7-15(12-18)17(14)3/h13-16H,4-12H2,1-3H3. The van der Waals surface area contributed by atoms with E-state index in [0.717, 1.165) is 24.7 Å². The monoisotopic (exact) mass is 253 g/mol. The first-order chi connectivity index (χ1) is 8.74. The summed E-state index contributed by atoms with van der Waals surface area (Å²) in [4.78, 5) is 5.31. The average Bonchev–Trinajstić information content (AvgIpc) is 2.62. The Morgan fingerprint density at radius 2 is 1.83 bits per heavy atom. The van der Waals surface area contributed by atoms with Crippen molar-refractivity contribution in [1.29, 1.82) is 0 Å². The molecule has 3 heteroatoms. The number of hydrogen-bond acceptors (Lipinski definition) is 3. The number of rotatable bonds is 6. The van der Waals surface area contributed by atoms with Gasteiger partial charge in [-0.2, -0.15) is 0 Å². The van der Waals surface area contributed by atoms with Gasteiger partial charge in [-0.15, -0.1) is 0 Å². The van der Waals surface area contributed by atoms with Crippen molar-refractivity contribution in [3.8, 4) is 0 Å². The smallest absolute Gasteiger partial charge is 0.0223 e. The molecule has 2 unspecified atom stereocenters. The van der Waals surface area contributed by atoms with Gasteiger partial charge in [0.25, 0.3) is 0 Å². The van der Waals surface area contributed by atoms with Gasteiger partial charge < -0.3 is 10.2 Å². The summed E-state index contributed by atoms with van der Waals surface area (Å²) in [6, 6.07) is 2.41. The fourth-order valence-corrected chi connectivity index (χ4v) is 3.59. The van der Waals surface area contributed by atoms with Gasteiger partial charge in [0.05, 0.1) is 0 Å². The van der Waals surface area contributed by atoms with Crippen LogP contribution in [0.25, 0.3) is 0 Å². The summed E-state index contributed by atoms with van der Waals surface area (Å²) in [5.74, 6) is 0. The second kappa shape index (κ2) is 6.88. The molecule has 106 valence electrons. The maximum atomic E-state index is 3.69. The van der Waals surface area contributed by atoms with Crippen molar-refractivity contribution in [2.75, 3.05) is 33.2 Å². The first-order valence-electron chi connectivity index (χ1n) is 7.92. The highest BCUT2D eigenvalue weighted by Gasteiger charge is 2.34. The molecule has 2 aliphatic heterocycles. The van der Waals surface area contributed by atoms with Crippen LogP contribution < -0.4 is 5.32 Å². The minimum atomic E-state index is 0.719. The van der Waals surface area contributed by atoms with E-state index < -0.39 is 0 Å². The lowest BCUT2D eigenvalue weighted by Gasteiger charge is -2.26. The van der Waals surface area contributed by atoms with Gasteiger partial charge in [0.2, 0.25) is 0 Å². The lowest BCUT2D eigenvalue weighted by molar-refractivity contribution is 0.217. The lowest BCUT2D eigenvalue weighted by atomic mass is 10.1. The predicted octanol–water partition coefficient (Wildman–Crippen LogP) is 1.93. The van der Waals surface area contributed by atoms with Crippen LogP contribution in [0, 0.1) is 0 Å². The van der Waals surface area contributed by atoms with Crippen molar-refractivity contribution in [2.45, 2.75) is 64.1 Å². The largest absolute Gasteiger partial charge is 0.313 e. The molecule has 0 amide bonds. The van der Waals surface area contributed by atoms with Crippen LogP contribution in [-0.2, 0) is 0 Å². The minimum absolute atomic E-state index is 0.719. The Hall–Kier alpha value is -0.120. The van der Waals surface area contributed by atoms with Crippen molar-refractivity contribution in [3.05, 3.63) is 0 Å². The van der Waals surface area contributed by atoms with Crippen LogP contribution in [0.4, 0.5) is 0 Å². The van der Waals surface area contributed by atoms with Crippen molar-refractivity contribution in [2.24, 2.45) is 0 Å². The van der Waals surface area contributed by atoms with Crippen LogP contribution in [-0.4, -0.2) is 61.2 Å². The van der Waals surface area contributed by atoms with Gasteiger partial charge in [-0.3, -0.25) is 4.90 Å². The summed E-state index contributed by atoms with van der Waals surface area (Å²) >= 11 is 0. The van der Waals surface area contributed by atoms with E-state index in [9.17, 15) is 0 Å². The van der Waals surface area contributed by atoms with E-state index in [0.29, 0.717) is 0 Å². The maximum Gasteiger partial charge on any atom is 0.0223 e. The molecule has 0 aromatic carbocycles. The van der Waals surface area contributed by atoms with E-state index in [-0.39, 0.29) is 0 Å². The predicted molar refractivity (Wildman–Crippen MR) is 78.0 cm³/mol. The second-order valence-electron chi connectivity index (χ2n) is 6.11. The second-order valence-corrected chi connectivity index (χ2v) is 6.11. The number of likely N-dealkylation sites (tertiary alicyclic amines) is 1. The van der Waals surface area contributed by atoms with Crippen molar-refractivity contribution in [1.82, 2.24) is 15.1 Å². The van der Waals surface area contributed by atoms with Gasteiger partial charge in [0.15, 0.2) is 0 Å². The van der Waals surface area contributed by atoms with E-state index in [1.165, 1.54) is 51.7 Å². The SMILES string of the molecule is CCC(CC)NCCN1CCC2CCC(C1)N2C. The van der Waals surface area contributed by atoms with Crippen molar-refractivity contribution in [3.63, 3.8) is 0 Å². The highest BCUT2D eigenvalue weighted by Crippen LogP contribution is 2.28. The van der Waals surface area contributed by atoms with Gasteiger partial charge in [0, 0.05) is 37.8 Å². The van der Waals surface area contributed by atoms with Gasteiger partial charge in [0.1, 0.15) is 0 Å². The Morgan fingerprint density at radius 3 is 2.56 bits per heavy atom. The fraction of sp³-hybridized carbons (Fsp3) is 1.00. The Labute approximate surface area is 113 Å². The number of nitrogens with zero attached hydrogens (tertiary/aromatic N) is 2. The zero-order chi connectivity index (χ0) is 13.0. The molecule has 0 aliphatic carbocycles. The number of fused-ring (bicyclic) bond motifs is 2. The fourth-order valence-electron chi connectivity index (χ4n) is 3.59. The Bertz CT molecular complexity index is 240. The van der Waals surface area contributed by atoms with Crippen LogP contribution in [0.5, 0.6) is 0 Å². The molecule has 18 heavy (non-hydrogen) atoms. The van der Waals surface area contributed by atoms with E-state index in [1.54, 1.807) is 0 Å². The van der Waals surface area contributed by atoms with Crippen LogP contribution in [0.15, 0.2) is 0 Å². The van der Waals surface area contributed by atoms with Crippen LogP contribution in [0.2, 0.25) is 0 Å². The molecule has 2 fully saturated rings. The summed E-state index contributed by atoms with van der Waals surface area (Å²) in [5, 5.41) is 3.69. The van der Waals surface area contributed by atoms with Gasteiger partial charge in [-0.25, -0.2) is 0 Å². The van der Waals surface area contributed by atoms with Gasteiger partial charge in [-0.05, 0) is 45.7 Å². The lowest BCUT2D eigenvalue weighted by Crippen LogP contribution is -2.41. The van der Waals surface area contributed by atoms with Crippen LogP contribution >= 0.6 is 0 Å². The average molecular weight is 253 g/mol. The van der Waals surface area contributed by atoms with E-state index >= 15 is 0 Å². The molecule has 2 aliphatic rings. The molecular formula is C15H31N3. The molecule has 3 nitrogen and oxygen atoms in total. The molecule has 1 N–H and O–H groups in total. The molecule has 2 atom stereocenters. The topological polar surface area (TPSA) is 18.5 Å². The minimum Gasteiger partial charge on any atom is -0.313 e. The molecule has 0 aromatic heterocycles. The highest BCUT2D eigenvalue weighted by molar-refractivity contribution is 4.91. The first kappa shape index (κ1) is 14.3. The number of hydrogen-bond donors (Lipinski definition) is 1. The van der Waals surface area contributed by atoms with E-state index in [4.69, 9.17) is 0 Å². The third-order valence-corrected chi connectivity index (χ3v) is 5.08. The van der Waals surface area contributed by atoms with E-state index in [1.807, 2.05) is 0 Å². The number of likely N-dealkylation sites (N-methyl/N-ethyl adjacent to an activating group) is 1. The highest BCUT2D eigenvalue weighted by atomic mass is 15.3. The van der Waals surface area contributed by atoms with Crippen LogP contribution in [0.3, 0.4) is 0 Å². The van der Waals surface area contributed by atoms with Crippen molar-refractivity contribution < 1.29 is 0 Å². The Morgan fingerprint density at radius 1 is 1.11 bits per heavy atom. The summed E-state index contributed by atoms with van der Waals surface area (Å²) in [6.45, 7) is 9.54. The Balaban J connectivity index is 1.71. The summed E-state index contributed by atoms with van der Waals surface area (Å²) in [6.07, 6.45) is 6.73. The zero-order valence-corrected chi connectivity index (χ0v) is 12.5. The Kier molecular flexibility index (Phi) is 5.46. The van der Waals surface area contributed by atoms with Crippen LogP contribution in [0.1, 0.15) is 46.0 Å². The molecule has 0 saturated carbocycles. The molecule has 0 aromatic rings. The van der Waals surface area contributed by atoms with Gasteiger partial charge in [-0.1, -0.05) is 13.8 Å².